The molecule has 3 nitrogen and oxygen atoms in total. The van der Waals surface area contributed by atoms with Crippen molar-refractivity contribution in [2.24, 2.45) is 0 Å². The van der Waals surface area contributed by atoms with E-state index < -0.39 is 0 Å². The molecule has 0 saturated carbocycles. The minimum atomic E-state index is -0.0681. The molecular weight excluding hydrogens is 202 g/mol. The van der Waals surface area contributed by atoms with E-state index in [0.717, 1.165) is 19.5 Å². The van der Waals surface area contributed by atoms with Crippen molar-refractivity contribution < 1.29 is 9.47 Å². The Hall–Kier alpha value is -0.900. The predicted octanol–water partition coefficient (Wildman–Crippen LogP) is 1.94. The lowest BCUT2D eigenvalue weighted by atomic mass is 9.92. The van der Waals surface area contributed by atoms with E-state index in [1.807, 2.05) is 0 Å². The van der Waals surface area contributed by atoms with Crippen LogP contribution in [0.15, 0.2) is 24.3 Å². The summed E-state index contributed by atoms with van der Waals surface area (Å²) in [6.07, 6.45) is 1.06. The van der Waals surface area contributed by atoms with Gasteiger partial charge in [-0.15, -0.1) is 0 Å². The Morgan fingerprint density at radius 1 is 1.31 bits per heavy atom. The van der Waals surface area contributed by atoms with Crippen molar-refractivity contribution >= 4 is 0 Å². The SMILES string of the molecule is CCN1CCc2ccccc2C1C1OCO1. The summed E-state index contributed by atoms with van der Waals surface area (Å²) in [4.78, 5) is 2.44. The van der Waals surface area contributed by atoms with Gasteiger partial charge in [0.05, 0.1) is 6.04 Å². The number of nitrogens with zero attached hydrogens (tertiary/aromatic N) is 1. The number of rotatable bonds is 2. The van der Waals surface area contributed by atoms with Gasteiger partial charge >= 0.3 is 0 Å². The van der Waals surface area contributed by atoms with Crippen LogP contribution in [0.2, 0.25) is 0 Å². The molecule has 1 atom stereocenters. The van der Waals surface area contributed by atoms with Gasteiger partial charge < -0.3 is 9.47 Å². The van der Waals surface area contributed by atoms with Crippen LogP contribution in [0.1, 0.15) is 24.1 Å². The molecule has 3 rings (SSSR count). The van der Waals surface area contributed by atoms with Crippen LogP contribution >= 0.6 is 0 Å². The molecule has 86 valence electrons. The molecule has 2 aliphatic rings. The Morgan fingerprint density at radius 3 is 2.81 bits per heavy atom. The molecular formula is C13H17NO2. The number of fused-ring (bicyclic) bond motifs is 1. The molecule has 0 amide bonds. The number of benzene rings is 1. The Kier molecular flexibility index (Phi) is 2.67. The summed E-state index contributed by atoms with van der Waals surface area (Å²) in [7, 11) is 0. The second kappa shape index (κ2) is 4.17. The minimum Gasteiger partial charge on any atom is -0.324 e. The van der Waals surface area contributed by atoms with Crippen LogP contribution in [-0.4, -0.2) is 31.1 Å². The maximum atomic E-state index is 5.50. The lowest BCUT2D eigenvalue weighted by molar-refractivity contribution is -0.342. The standard InChI is InChI=1S/C13H17NO2/c1-2-14-8-7-10-5-3-4-6-11(10)12(14)13-15-9-16-13/h3-6,12-13H,2,7-9H2,1H3. The fourth-order valence-electron chi connectivity index (χ4n) is 2.65. The highest BCUT2D eigenvalue weighted by molar-refractivity contribution is 5.33. The summed E-state index contributed by atoms with van der Waals surface area (Å²) in [6.45, 7) is 4.78. The molecule has 0 radical (unpaired) electrons. The summed E-state index contributed by atoms with van der Waals surface area (Å²) in [5, 5.41) is 0. The molecule has 16 heavy (non-hydrogen) atoms. The topological polar surface area (TPSA) is 21.7 Å². The van der Waals surface area contributed by atoms with E-state index in [0.29, 0.717) is 6.79 Å². The van der Waals surface area contributed by atoms with E-state index in [-0.39, 0.29) is 12.3 Å². The van der Waals surface area contributed by atoms with Gasteiger partial charge in [0.2, 0.25) is 0 Å². The van der Waals surface area contributed by atoms with Crippen molar-refractivity contribution in [3.8, 4) is 0 Å². The van der Waals surface area contributed by atoms with Crippen molar-refractivity contribution in [3.63, 3.8) is 0 Å². The van der Waals surface area contributed by atoms with Crippen molar-refractivity contribution in [2.45, 2.75) is 25.7 Å². The predicted molar refractivity (Wildman–Crippen MR) is 61.0 cm³/mol. The summed E-state index contributed by atoms with van der Waals surface area (Å²) < 4.78 is 11.0. The molecule has 1 fully saturated rings. The highest BCUT2D eigenvalue weighted by Crippen LogP contribution is 2.36. The smallest absolute Gasteiger partial charge is 0.182 e. The zero-order valence-electron chi connectivity index (χ0n) is 9.56. The van der Waals surface area contributed by atoms with Gasteiger partial charge in [0.15, 0.2) is 13.1 Å². The first-order chi connectivity index (χ1) is 7.90. The third kappa shape index (κ3) is 1.56. The molecule has 0 bridgehead atoms. The maximum Gasteiger partial charge on any atom is 0.182 e. The zero-order chi connectivity index (χ0) is 11.0. The minimum absolute atomic E-state index is 0.0681. The van der Waals surface area contributed by atoms with Crippen LogP contribution in [0.3, 0.4) is 0 Å². The molecule has 1 aromatic carbocycles. The molecule has 1 saturated heterocycles. The Bertz CT molecular complexity index is 376. The molecule has 0 spiro atoms. The average Bonchev–Trinajstić information content (AvgIpc) is 2.27. The second-order valence-corrected chi connectivity index (χ2v) is 4.34. The van der Waals surface area contributed by atoms with Crippen LogP contribution in [0.25, 0.3) is 0 Å². The molecule has 3 heteroatoms. The molecule has 2 heterocycles. The van der Waals surface area contributed by atoms with E-state index in [9.17, 15) is 0 Å². The van der Waals surface area contributed by atoms with Gasteiger partial charge in [-0.05, 0) is 24.1 Å². The summed E-state index contributed by atoms with van der Waals surface area (Å²) in [5.41, 5.74) is 2.82. The van der Waals surface area contributed by atoms with Crippen LogP contribution in [0, 0.1) is 0 Å². The Balaban J connectivity index is 1.96. The molecule has 2 aliphatic heterocycles. The van der Waals surface area contributed by atoms with Crippen molar-refractivity contribution in [1.29, 1.82) is 0 Å². The van der Waals surface area contributed by atoms with Crippen LogP contribution in [-0.2, 0) is 15.9 Å². The van der Waals surface area contributed by atoms with Gasteiger partial charge in [-0.2, -0.15) is 0 Å². The quantitative estimate of drug-likeness (QED) is 0.758. The second-order valence-electron chi connectivity index (χ2n) is 4.34. The largest absolute Gasteiger partial charge is 0.324 e. The Morgan fingerprint density at radius 2 is 2.12 bits per heavy atom. The monoisotopic (exact) mass is 219 g/mol. The number of likely N-dealkylation sites (N-methyl/N-ethyl adjacent to an activating group) is 1. The van der Waals surface area contributed by atoms with E-state index in [1.54, 1.807) is 0 Å². The van der Waals surface area contributed by atoms with Gasteiger partial charge in [0.1, 0.15) is 0 Å². The molecule has 0 N–H and O–H groups in total. The lowest BCUT2D eigenvalue weighted by Gasteiger charge is -2.43. The zero-order valence-corrected chi connectivity index (χ0v) is 9.56. The normalized spacial score (nSPS) is 26.2. The third-order valence-corrected chi connectivity index (χ3v) is 3.56. The summed E-state index contributed by atoms with van der Waals surface area (Å²) in [6, 6.07) is 8.91. The lowest BCUT2D eigenvalue weighted by Crippen LogP contribution is -2.47. The van der Waals surface area contributed by atoms with Crippen LogP contribution < -0.4 is 0 Å². The van der Waals surface area contributed by atoms with E-state index in [4.69, 9.17) is 9.47 Å². The number of ether oxygens (including phenoxy) is 2. The highest BCUT2D eigenvalue weighted by Gasteiger charge is 2.37. The van der Waals surface area contributed by atoms with Crippen molar-refractivity contribution in [3.05, 3.63) is 35.4 Å². The molecule has 0 aromatic heterocycles. The average molecular weight is 219 g/mol. The number of hydrogen-bond acceptors (Lipinski definition) is 3. The highest BCUT2D eigenvalue weighted by atomic mass is 16.8. The van der Waals surface area contributed by atoms with Crippen LogP contribution in [0.5, 0.6) is 0 Å². The fraction of sp³-hybridized carbons (Fsp3) is 0.538. The fourth-order valence-corrected chi connectivity index (χ4v) is 2.65. The summed E-state index contributed by atoms with van der Waals surface area (Å²) >= 11 is 0. The third-order valence-electron chi connectivity index (χ3n) is 3.56. The molecule has 0 aliphatic carbocycles. The van der Waals surface area contributed by atoms with Gasteiger partial charge in [-0.3, -0.25) is 4.90 Å². The molecule has 1 unspecified atom stereocenters. The van der Waals surface area contributed by atoms with Gasteiger partial charge in [-0.25, -0.2) is 0 Å². The van der Waals surface area contributed by atoms with E-state index in [1.165, 1.54) is 11.1 Å². The van der Waals surface area contributed by atoms with Gasteiger partial charge in [0, 0.05) is 6.54 Å². The Labute approximate surface area is 96.0 Å². The summed E-state index contributed by atoms with van der Waals surface area (Å²) in [5.74, 6) is 0. The van der Waals surface area contributed by atoms with E-state index in [2.05, 4.69) is 36.1 Å². The van der Waals surface area contributed by atoms with Gasteiger partial charge in [0.25, 0.3) is 0 Å². The first-order valence-corrected chi connectivity index (χ1v) is 5.95. The van der Waals surface area contributed by atoms with E-state index >= 15 is 0 Å². The van der Waals surface area contributed by atoms with Gasteiger partial charge in [-0.1, -0.05) is 31.2 Å². The molecule has 1 aromatic rings. The van der Waals surface area contributed by atoms with Crippen molar-refractivity contribution in [2.75, 3.05) is 19.9 Å². The maximum absolute atomic E-state index is 5.50. The number of hydrogen-bond donors (Lipinski definition) is 0. The van der Waals surface area contributed by atoms with Crippen LogP contribution in [0.4, 0.5) is 0 Å². The first-order valence-electron chi connectivity index (χ1n) is 5.95. The first kappa shape index (κ1) is 10.3. The van der Waals surface area contributed by atoms with Crippen molar-refractivity contribution in [1.82, 2.24) is 4.90 Å².